The Balaban J connectivity index is 2.02. The van der Waals surface area contributed by atoms with Gasteiger partial charge in [0, 0.05) is 5.41 Å². The van der Waals surface area contributed by atoms with Gasteiger partial charge in [0.1, 0.15) is 0 Å². The van der Waals surface area contributed by atoms with Gasteiger partial charge in [-0.2, -0.15) is 0 Å². The van der Waals surface area contributed by atoms with E-state index in [-0.39, 0.29) is 5.41 Å². The Morgan fingerprint density at radius 1 is 0.895 bits per heavy atom. The summed E-state index contributed by atoms with van der Waals surface area (Å²) in [6.07, 6.45) is 7.95. The van der Waals surface area contributed by atoms with E-state index < -0.39 is 0 Å². The van der Waals surface area contributed by atoms with Crippen LogP contribution in [-0.2, 0) is 18.3 Å². The lowest BCUT2D eigenvalue weighted by Gasteiger charge is -2.28. The molecule has 0 aliphatic heterocycles. The van der Waals surface area contributed by atoms with Gasteiger partial charge in [-0.3, -0.25) is 0 Å². The van der Waals surface area contributed by atoms with E-state index in [2.05, 4.69) is 73.7 Å². The van der Waals surface area contributed by atoms with Crippen LogP contribution in [0.1, 0.15) is 30.0 Å². The Morgan fingerprint density at radius 3 is 2.05 bits per heavy atom. The first-order chi connectivity index (χ1) is 9.34. The van der Waals surface area contributed by atoms with Gasteiger partial charge in [-0.1, -0.05) is 66.7 Å². The zero-order valence-electron chi connectivity index (χ0n) is 11.5. The van der Waals surface area contributed by atoms with Crippen molar-refractivity contribution in [1.82, 2.24) is 0 Å². The Labute approximate surface area is 115 Å². The molecule has 0 aromatic heterocycles. The standard InChI is InChI=1S/C19H20/c1-2-3-13-19(18-11-5-4-6-12-18)14-16-9-7-8-10-17(16)15-19/h2-12H,13-15H2,1H3/b3-2+. The van der Waals surface area contributed by atoms with Gasteiger partial charge in [-0.05, 0) is 42.9 Å². The third-order valence-electron chi connectivity index (χ3n) is 4.31. The summed E-state index contributed by atoms with van der Waals surface area (Å²) in [5.74, 6) is 0. The molecule has 0 heterocycles. The molecule has 1 aliphatic rings. The topological polar surface area (TPSA) is 0 Å². The lowest BCUT2D eigenvalue weighted by molar-refractivity contribution is 0.457. The second kappa shape index (κ2) is 5.05. The minimum atomic E-state index is 0.261. The fourth-order valence-corrected chi connectivity index (χ4v) is 3.30. The van der Waals surface area contributed by atoms with E-state index in [0.29, 0.717) is 0 Å². The molecule has 0 radical (unpaired) electrons. The van der Waals surface area contributed by atoms with Crippen LogP contribution in [0.2, 0.25) is 0 Å². The first-order valence-corrected chi connectivity index (χ1v) is 7.07. The molecule has 3 rings (SSSR count). The predicted molar refractivity (Wildman–Crippen MR) is 81.4 cm³/mol. The largest absolute Gasteiger partial charge is 0.0916 e. The zero-order chi connectivity index (χ0) is 13.1. The van der Waals surface area contributed by atoms with Crippen LogP contribution in [0.15, 0.2) is 66.7 Å². The molecular weight excluding hydrogens is 228 g/mol. The Bertz CT molecular complexity index is 553. The highest BCUT2D eigenvalue weighted by Crippen LogP contribution is 2.42. The number of benzene rings is 2. The van der Waals surface area contributed by atoms with Crippen molar-refractivity contribution >= 4 is 0 Å². The molecule has 0 unspecified atom stereocenters. The normalized spacial score (nSPS) is 16.7. The van der Waals surface area contributed by atoms with Crippen molar-refractivity contribution in [2.24, 2.45) is 0 Å². The monoisotopic (exact) mass is 248 g/mol. The van der Waals surface area contributed by atoms with Crippen molar-refractivity contribution < 1.29 is 0 Å². The molecule has 1 aliphatic carbocycles. The van der Waals surface area contributed by atoms with Gasteiger partial charge in [-0.15, -0.1) is 0 Å². The van der Waals surface area contributed by atoms with E-state index in [1.54, 1.807) is 0 Å². The minimum Gasteiger partial charge on any atom is -0.0916 e. The van der Waals surface area contributed by atoms with Gasteiger partial charge in [0.2, 0.25) is 0 Å². The smallest absolute Gasteiger partial charge is 0.00682 e. The highest BCUT2D eigenvalue weighted by molar-refractivity contribution is 5.42. The second-order valence-corrected chi connectivity index (χ2v) is 5.54. The van der Waals surface area contributed by atoms with Crippen LogP contribution >= 0.6 is 0 Å². The maximum atomic E-state index is 2.32. The molecule has 0 amide bonds. The fourth-order valence-electron chi connectivity index (χ4n) is 3.30. The number of rotatable bonds is 3. The van der Waals surface area contributed by atoms with Gasteiger partial charge in [0.15, 0.2) is 0 Å². The summed E-state index contributed by atoms with van der Waals surface area (Å²) in [5, 5.41) is 0. The van der Waals surface area contributed by atoms with E-state index in [1.165, 1.54) is 16.7 Å². The minimum absolute atomic E-state index is 0.261. The molecule has 0 saturated heterocycles. The van der Waals surface area contributed by atoms with Crippen molar-refractivity contribution in [3.05, 3.63) is 83.4 Å². The van der Waals surface area contributed by atoms with E-state index in [1.807, 2.05) is 0 Å². The molecule has 2 aromatic rings. The van der Waals surface area contributed by atoms with Crippen molar-refractivity contribution in [1.29, 1.82) is 0 Å². The second-order valence-electron chi connectivity index (χ2n) is 5.54. The van der Waals surface area contributed by atoms with Gasteiger partial charge in [0.05, 0.1) is 0 Å². The zero-order valence-corrected chi connectivity index (χ0v) is 11.5. The van der Waals surface area contributed by atoms with Crippen LogP contribution in [0, 0.1) is 0 Å². The van der Waals surface area contributed by atoms with E-state index >= 15 is 0 Å². The van der Waals surface area contributed by atoms with Gasteiger partial charge in [0.25, 0.3) is 0 Å². The molecule has 0 spiro atoms. The number of fused-ring (bicyclic) bond motifs is 1. The van der Waals surface area contributed by atoms with Gasteiger partial charge >= 0.3 is 0 Å². The molecule has 96 valence electrons. The average molecular weight is 248 g/mol. The predicted octanol–water partition coefficient (Wildman–Crippen LogP) is 4.69. The molecule has 0 nitrogen and oxygen atoms in total. The molecule has 19 heavy (non-hydrogen) atoms. The average Bonchev–Trinajstić information content (AvgIpc) is 2.86. The molecule has 0 fully saturated rings. The highest BCUT2D eigenvalue weighted by Gasteiger charge is 2.37. The third kappa shape index (κ3) is 2.23. The SMILES string of the molecule is C/C=C/CC1(c2ccccc2)Cc2ccccc2C1. The van der Waals surface area contributed by atoms with Crippen LogP contribution in [0.4, 0.5) is 0 Å². The summed E-state index contributed by atoms with van der Waals surface area (Å²) in [5.41, 5.74) is 4.79. The van der Waals surface area contributed by atoms with Crippen LogP contribution in [0.3, 0.4) is 0 Å². The molecule has 2 aromatic carbocycles. The first-order valence-electron chi connectivity index (χ1n) is 7.07. The quantitative estimate of drug-likeness (QED) is 0.691. The van der Waals surface area contributed by atoms with Crippen LogP contribution < -0.4 is 0 Å². The highest BCUT2D eigenvalue weighted by atomic mass is 14.4. The summed E-state index contributed by atoms with van der Waals surface area (Å²) >= 11 is 0. The van der Waals surface area contributed by atoms with Crippen LogP contribution in [0.5, 0.6) is 0 Å². The summed E-state index contributed by atoms with van der Waals surface area (Å²) in [6.45, 7) is 2.11. The molecule has 0 saturated carbocycles. The molecule has 0 atom stereocenters. The molecule has 0 N–H and O–H groups in total. The van der Waals surface area contributed by atoms with Crippen molar-refractivity contribution in [2.75, 3.05) is 0 Å². The number of allylic oxidation sites excluding steroid dienone is 2. The third-order valence-corrected chi connectivity index (χ3v) is 4.31. The molecular formula is C19H20. The lowest BCUT2D eigenvalue weighted by atomic mass is 9.75. The van der Waals surface area contributed by atoms with Gasteiger partial charge < -0.3 is 0 Å². The Hall–Kier alpha value is -1.82. The fraction of sp³-hybridized carbons (Fsp3) is 0.263. The van der Waals surface area contributed by atoms with Gasteiger partial charge in [-0.25, -0.2) is 0 Å². The van der Waals surface area contributed by atoms with Crippen molar-refractivity contribution in [3.8, 4) is 0 Å². The van der Waals surface area contributed by atoms with Crippen LogP contribution in [0.25, 0.3) is 0 Å². The summed E-state index contributed by atoms with van der Waals surface area (Å²) in [6, 6.07) is 19.9. The van der Waals surface area contributed by atoms with Crippen molar-refractivity contribution in [3.63, 3.8) is 0 Å². The maximum absolute atomic E-state index is 2.32. The lowest BCUT2D eigenvalue weighted by Crippen LogP contribution is -2.26. The van der Waals surface area contributed by atoms with E-state index in [4.69, 9.17) is 0 Å². The first kappa shape index (κ1) is 12.2. The number of hydrogen-bond donors (Lipinski definition) is 0. The summed E-state index contributed by atoms with van der Waals surface area (Å²) in [7, 11) is 0. The summed E-state index contributed by atoms with van der Waals surface area (Å²) < 4.78 is 0. The number of hydrogen-bond acceptors (Lipinski definition) is 0. The molecule has 0 bridgehead atoms. The Morgan fingerprint density at radius 2 is 1.47 bits per heavy atom. The Kier molecular flexibility index (Phi) is 3.25. The van der Waals surface area contributed by atoms with E-state index in [9.17, 15) is 0 Å². The van der Waals surface area contributed by atoms with E-state index in [0.717, 1.165) is 19.3 Å². The molecule has 0 heteroatoms. The van der Waals surface area contributed by atoms with Crippen LogP contribution in [-0.4, -0.2) is 0 Å². The van der Waals surface area contributed by atoms with Crippen molar-refractivity contribution in [2.45, 2.75) is 31.6 Å². The maximum Gasteiger partial charge on any atom is 0.00682 e. The summed E-state index contributed by atoms with van der Waals surface area (Å²) in [4.78, 5) is 0.